The molecule has 1 saturated heterocycles. The van der Waals surface area contributed by atoms with E-state index in [4.69, 9.17) is 0 Å². The molecule has 1 unspecified atom stereocenters. The Morgan fingerprint density at radius 3 is 2.90 bits per heavy atom. The summed E-state index contributed by atoms with van der Waals surface area (Å²) in [6, 6.07) is 2.68. The summed E-state index contributed by atoms with van der Waals surface area (Å²) in [6.07, 6.45) is 4.27. The van der Waals surface area contributed by atoms with Crippen LogP contribution < -0.4 is 10.2 Å². The van der Waals surface area contributed by atoms with Crippen LogP contribution in [0.25, 0.3) is 0 Å². The standard InChI is InChI=1S/C14H20BrN3O2S/c1-10-9-21(19,20)5-4-18(10)14-11(6-12(15)8-17-14)7-16-13-2-3-13/h6,8,10,13,16H,2-5,7,9H2,1H3. The van der Waals surface area contributed by atoms with E-state index in [0.29, 0.717) is 12.6 Å². The van der Waals surface area contributed by atoms with E-state index in [2.05, 4.69) is 37.2 Å². The number of nitrogens with zero attached hydrogens (tertiary/aromatic N) is 2. The zero-order valence-electron chi connectivity index (χ0n) is 12.0. The number of hydrogen-bond donors (Lipinski definition) is 1. The maximum Gasteiger partial charge on any atom is 0.154 e. The number of nitrogens with one attached hydrogen (secondary N) is 1. The van der Waals surface area contributed by atoms with Gasteiger partial charge in [-0.25, -0.2) is 13.4 Å². The van der Waals surface area contributed by atoms with Crippen molar-refractivity contribution >= 4 is 31.6 Å². The summed E-state index contributed by atoms with van der Waals surface area (Å²) in [5, 5.41) is 3.50. The minimum atomic E-state index is -2.90. The summed E-state index contributed by atoms with van der Waals surface area (Å²) < 4.78 is 24.4. The zero-order valence-corrected chi connectivity index (χ0v) is 14.5. The van der Waals surface area contributed by atoms with Crippen molar-refractivity contribution in [3.05, 3.63) is 22.3 Å². The third-order valence-corrected chi connectivity index (χ3v) is 6.24. The Kier molecular flexibility index (Phi) is 4.25. The molecule has 1 N–H and O–H groups in total. The molecule has 21 heavy (non-hydrogen) atoms. The largest absolute Gasteiger partial charge is 0.352 e. The molecule has 0 amide bonds. The number of halogens is 1. The third kappa shape index (κ3) is 3.76. The van der Waals surface area contributed by atoms with Gasteiger partial charge < -0.3 is 10.2 Å². The van der Waals surface area contributed by atoms with E-state index in [0.717, 1.165) is 22.4 Å². The van der Waals surface area contributed by atoms with Gasteiger partial charge >= 0.3 is 0 Å². The van der Waals surface area contributed by atoms with E-state index >= 15 is 0 Å². The van der Waals surface area contributed by atoms with Crippen molar-refractivity contribution < 1.29 is 8.42 Å². The number of rotatable bonds is 4. The van der Waals surface area contributed by atoms with E-state index in [1.54, 1.807) is 6.20 Å². The number of aromatic nitrogens is 1. The molecule has 116 valence electrons. The zero-order chi connectivity index (χ0) is 15.0. The molecule has 1 aliphatic carbocycles. The second-order valence-electron chi connectivity index (χ2n) is 5.95. The fourth-order valence-corrected chi connectivity index (χ4v) is 4.65. The van der Waals surface area contributed by atoms with E-state index in [-0.39, 0.29) is 17.5 Å². The maximum absolute atomic E-state index is 11.7. The summed E-state index contributed by atoms with van der Waals surface area (Å²) in [5.41, 5.74) is 1.13. The summed E-state index contributed by atoms with van der Waals surface area (Å²) in [6.45, 7) is 3.26. The van der Waals surface area contributed by atoms with Crippen molar-refractivity contribution in [1.29, 1.82) is 0 Å². The predicted octanol–water partition coefficient (Wildman–Crippen LogP) is 1.72. The topological polar surface area (TPSA) is 62.3 Å². The lowest BCUT2D eigenvalue weighted by molar-refractivity contribution is 0.565. The molecule has 1 aliphatic heterocycles. The number of hydrogen-bond acceptors (Lipinski definition) is 5. The first-order chi connectivity index (χ1) is 9.94. The Balaban J connectivity index is 1.82. The first-order valence-corrected chi connectivity index (χ1v) is 9.91. The third-order valence-electron chi connectivity index (χ3n) is 4.01. The van der Waals surface area contributed by atoms with Gasteiger partial charge in [0.25, 0.3) is 0 Å². The van der Waals surface area contributed by atoms with Crippen LogP contribution in [0, 0.1) is 0 Å². The normalized spacial score (nSPS) is 25.0. The molecule has 2 heterocycles. The molecule has 1 atom stereocenters. The number of sulfone groups is 1. The van der Waals surface area contributed by atoms with Crippen LogP contribution in [0.15, 0.2) is 16.7 Å². The molecule has 2 fully saturated rings. The second-order valence-corrected chi connectivity index (χ2v) is 9.09. The average molecular weight is 374 g/mol. The van der Waals surface area contributed by atoms with E-state index in [1.807, 2.05) is 6.92 Å². The molecule has 0 aromatic carbocycles. The van der Waals surface area contributed by atoms with Crippen molar-refractivity contribution in [1.82, 2.24) is 10.3 Å². The van der Waals surface area contributed by atoms with Crippen LogP contribution in [0.1, 0.15) is 25.3 Å². The van der Waals surface area contributed by atoms with Gasteiger partial charge in [-0.3, -0.25) is 0 Å². The van der Waals surface area contributed by atoms with Crippen LogP contribution in [0.2, 0.25) is 0 Å². The monoisotopic (exact) mass is 373 g/mol. The van der Waals surface area contributed by atoms with Gasteiger partial charge in [0.15, 0.2) is 9.84 Å². The van der Waals surface area contributed by atoms with E-state index in [1.165, 1.54) is 12.8 Å². The molecule has 1 aromatic heterocycles. The van der Waals surface area contributed by atoms with Crippen molar-refractivity contribution in [2.24, 2.45) is 0 Å². The molecule has 1 aromatic rings. The first kappa shape index (κ1) is 15.2. The van der Waals surface area contributed by atoms with Gasteiger partial charge in [-0.05, 0) is 41.8 Å². The van der Waals surface area contributed by atoms with Gasteiger partial charge in [0.1, 0.15) is 5.82 Å². The lowest BCUT2D eigenvalue weighted by Gasteiger charge is -2.35. The van der Waals surface area contributed by atoms with Crippen LogP contribution in [-0.2, 0) is 16.4 Å². The maximum atomic E-state index is 11.7. The number of anilines is 1. The summed E-state index contributed by atoms with van der Waals surface area (Å²) in [5.74, 6) is 1.33. The fraction of sp³-hybridized carbons (Fsp3) is 0.643. The van der Waals surface area contributed by atoms with Crippen molar-refractivity contribution in [3.8, 4) is 0 Å². The Morgan fingerprint density at radius 2 is 2.24 bits per heavy atom. The van der Waals surface area contributed by atoms with Gasteiger partial charge in [0.05, 0.1) is 11.5 Å². The Hall–Kier alpha value is -0.660. The molecule has 0 bridgehead atoms. The Bertz CT molecular complexity index is 631. The number of pyridine rings is 1. The minimum absolute atomic E-state index is 0.0305. The Labute approximate surface area is 134 Å². The molecular weight excluding hydrogens is 354 g/mol. The lowest BCUT2D eigenvalue weighted by atomic mass is 10.2. The van der Waals surface area contributed by atoms with Gasteiger partial charge in [-0.2, -0.15) is 0 Å². The summed E-state index contributed by atoms with van der Waals surface area (Å²) >= 11 is 3.47. The average Bonchev–Trinajstić information content (AvgIpc) is 3.21. The molecule has 1 saturated carbocycles. The minimum Gasteiger partial charge on any atom is -0.352 e. The molecule has 0 radical (unpaired) electrons. The Morgan fingerprint density at radius 1 is 1.48 bits per heavy atom. The highest BCUT2D eigenvalue weighted by Crippen LogP contribution is 2.27. The van der Waals surface area contributed by atoms with Crippen molar-refractivity contribution in [3.63, 3.8) is 0 Å². The quantitative estimate of drug-likeness (QED) is 0.870. The van der Waals surface area contributed by atoms with E-state index in [9.17, 15) is 8.42 Å². The molecular formula is C14H20BrN3O2S. The highest BCUT2D eigenvalue weighted by Gasteiger charge is 2.30. The highest BCUT2D eigenvalue weighted by atomic mass is 79.9. The summed E-state index contributed by atoms with van der Waals surface area (Å²) in [4.78, 5) is 6.67. The molecule has 7 heteroatoms. The highest BCUT2D eigenvalue weighted by molar-refractivity contribution is 9.10. The predicted molar refractivity (Wildman–Crippen MR) is 87.3 cm³/mol. The van der Waals surface area contributed by atoms with Crippen LogP contribution in [0.5, 0.6) is 0 Å². The molecule has 0 spiro atoms. The van der Waals surface area contributed by atoms with Gasteiger partial charge in [0, 0.05) is 41.4 Å². The van der Waals surface area contributed by atoms with Gasteiger partial charge in [0.2, 0.25) is 0 Å². The van der Waals surface area contributed by atoms with Crippen molar-refractivity contribution in [2.45, 2.75) is 38.4 Å². The van der Waals surface area contributed by atoms with E-state index < -0.39 is 9.84 Å². The van der Waals surface area contributed by atoms with Gasteiger partial charge in [-0.15, -0.1) is 0 Å². The van der Waals surface area contributed by atoms with Crippen molar-refractivity contribution in [2.75, 3.05) is 23.0 Å². The lowest BCUT2D eigenvalue weighted by Crippen LogP contribution is -2.47. The SMILES string of the molecule is CC1CS(=O)(=O)CCN1c1ncc(Br)cc1CNC1CC1. The molecule has 2 aliphatic rings. The van der Waals surface area contributed by atoms with Gasteiger partial charge in [-0.1, -0.05) is 0 Å². The first-order valence-electron chi connectivity index (χ1n) is 7.29. The fourth-order valence-electron chi connectivity index (χ4n) is 2.72. The van der Waals surface area contributed by atoms with Crippen LogP contribution in [0.3, 0.4) is 0 Å². The second kappa shape index (κ2) is 5.85. The van der Waals surface area contributed by atoms with Crippen LogP contribution >= 0.6 is 15.9 Å². The van der Waals surface area contributed by atoms with Crippen LogP contribution in [0.4, 0.5) is 5.82 Å². The summed E-state index contributed by atoms with van der Waals surface area (Å²) in [7, 11) is -2.90. The smallest absolute Gasteiger partial charge is 0.154 e. The van der Waals surface area contributed by atoms with Crippen LogP contribution in [-0.4, -0.2) is 43.5 Å². The molecule has 3 rings (SSSR count). The molecule has 5 nitrogen and oxygen atoms in total.